The topological polar surface area (TPSA) is 133 Å². The second-order valence-electron chi connectivity index (χ2n) is 8.17. The number of nitrogens with two attached hydrogens (primary N) is 1. The molecule has 0 atom stereocenters. The minimum atomic E-state index is -4.10. The van der Waals surface area contributed by atoms with Gasteiger partial charge in [-0.3, -0.25) is 15.5 Å². The number of benzene rings is 4. The smallest absolute Gasteiger partial charge is 0.295 e. The number of primary sulfonamides is 1. The number of anilines is 1. The molecule has 4 aromatic carbocycles. The highest BCUT2D eigenvalue weighted by Gasteiger charge is 2.20. The van der Waals surface area contributed by atoms with Crippen LogP contribution < -0.4 is 10.6 Å². The monoisotopic (exact) mass is 511 g/mol. The number of hydrazone groups is 1. The van der Waals surface area contributed by atoms with E-state index in [-0.39, 0.29) is 10.6 Å². The van der Waals surface area contributed by atoms with E-state index < -0.39 is 20.6 Å². The second kappa shape index (κ2) is 9.69. The summed E-state index contributed by atoms with van der Waals surface area (Å²) >= 11 is 0. The third kappa shape index (κ3) is 4.70. The van der Waals surface area contributed by atoms with Crippen molar-refractivity contribution in [2.75, 3.05) is 5.43 Å². The average molecular weight is 512 g/mol. The lowest BCUT2D eigenvalue weighted by molar-refractivity contribution is -0.384. The molecule has 0 radical (unpaired) electrons. The number of nitro benzene ring substituents is 1. The van der Waals surface area contributed by atoms with Gasteiger partial charge in [0, 0.05) is 22.7 Å². The number of nitrogens with zero attached hydrogens (tertiary/aromatic N) is 3. The second-order valence-corrected chi connectivity index (χ2v) is 9.73. The number of rotatable bonds is 7. The van der Waals surface area contributed by atoms with Crippen LogP contribution in [0.4, 0.5) is 11.4 Å². The molecule has 0 unspecified atom stereocenters. The molecule has 0 bridgehead atoms. The Kier molecular flexibility index (Phi) is 6.26. The molecular formula is C27H21N5O4S. The molecule has 0 spiro atoms. The van der Waals surface area contributed by atoms with Crippen LogP contribution in [0.5, 0.6) is 0 Å². The van der Waals surface area contributed by atoms with E-state index >= 15 is 0 Å². The van der Waals surface area contributed by atoms with E-state index in [0.29, 0.717) is 0 Å². The fraction of sp³-hybridized carbons (Fsp3) is 0. The average Bonchev–Trinajstić information content (AvgIpc) is 3.23. The van der Waals surface area contributed by atoms with Gasteiger partial charge in [0.05, 0.1) is 27.2 Å². The molecule has 1 heterocycles. The fourth-order valence-electron chi connectivity index (χ4n) is 4.22. The zero-order valence-electron chi connectivity index (χ0n) is 19.4. The van der Waals surface area contributed by atoms with Gasteiger partial charge in [0.1, 0.15) is 5.69 Å². The number of aromatic nitrogens is 1. The Bertz CT molecular complexity index is 1750. The summed E-state index contributed by atoms with van der Waals surface area (Å²) in [4.78, 5) is 10.5. The van der Waals surface area contributed by atoms with Crippen LogP contribution in [-0.2, 0) is 10.0 Å². The largest absolute Gasteiger partial charge is 0.309 e. The SMILES string of the molecule is NS(=O)(=O)c1ccc(NN=Cc2c(-c3ccccc3)n(-c3ccccc3)c3ccccc23)c([N+](=O)[O-])c1. The maximum absolute atomic E-state index is 11.6. The third-order valence-corrected chi connectivity index (χ3v) is 6.76. The van der Waals surface area contributed by atoms with Gasteiger partial charge in [-0.25, -0.2) is 13.6 Å². The molecule has 0 aliphatic carbocycles. The predicted molar refractivity (Wildman–Crippen MR) is 144 cm³/mol. The fourth-order valence-corrected chi connectivity index (χ4v) is 4.76. The molecular weight excluding hydrogens is 490 g/mol. The van der Waals surface area contributed by atoms with Crippen LogP contribution in [0.3, 0.4) is 0 Å². The van der Waals surface area contributed by atoms with Crippen LogP contribution in [0.1, 0.15) is 5.56 Å². The summed E-state index contributed by atoms with van der Waals surface area (Å²) in [6, 6.07) is 31.1. The van der Waals surface area contributed by atoms with E-state index in [1.54, 1.807) is 6.21 Å². The van der Waals surface area contributed by atoms with Crippen molar-refractivity contribution in [2.24, 2.45) is 10.2 Å². The molecule has 0 fully saturated rings. The summed E-state index contributed by atoms with van der Waals surface area (Å²) in [5.74, 6) is 0. The quantitative estimate of drug-likeness (QED) is 0.174. The summed E-state index contributed by atoms with van der Waals surface area (Å²) in [5, 5.41) is 22.0. The minimum absolute atomic E-state index is 0.0294. The van der Waals surface area contributed by atoms with Crippen molar-refractivity contribution in [2.45, 2.75) is 4.90 Å². The zero-order chi connectivity index (χ0) is 26.0. The summed E-state index contributed by atoms with van der Waals surface area (Å²) in [6.07, 6.45) is 1.61. The van der Waals surface area contributed by atoms with Gasteiger partial charge in [-0.05, 0) is 35.9 Å². The van der Waals surface area contributed by atoms with E-state index in [0.717, 1.165) is 39.5 Å². The molecule has 0 saturated heterocycles. The highest BCUT2D eigenvalue weighted by atomic mass is 32.2. The van der Waals surface area contributed by atoms with Gasteiger partial charge in [-0.15, -0.1) is 0 Å². The molecule has 0 aliphatic heterocycles. The van der Waals surface area contributed by atoms with Crippen molar-refractivity contribution in [1.82, 2.24) is 4.57 Å². The maximum Gasteiger partial charge on any atom is 0.295 e. The summed E-state index contributed by atoms with van der Waals surface area (Å²) in [6.45, 7) is 0. The highest BCUT2D eigenvalue weighted by molar-refractivity contribution is 7.89. The molecule has 0 saturated carbocycles. The van der Waals surface area contributed by atoms with Crippen LogP contribution >= 0.6 is 0 Å². The molecule has 0 amide bonds. The van der Waals surface area contributed by atoms with Gasteiger partial charge >= 0.3 is 0 Å². The molecule has 37 heavy (non-hydrogen) atoms. The first kappa shape index (κ1) is 23.9. The number of nitro groups is 1. The van der Waals surface area contributed by atoms with Crippen molar-refractivity contribution in [3.63, 3.8) is 0 Å². The third-order valence-electron chi connectivity index (χ3n) is 5.85. The zero-order valence-corrected chi connectivity index (χ0v) is 20.2. The van der Waals surface area contributed by atoms with Crippen LogP contribution in [-0.4, -0.2) is 24.1 Å². The lowest BCUT2D eigenvalue weighted by Gasteiger charge is -2.12. The van der Waals surface area contributed by atoms with Crippen molar-refractivity contribution < 1.29 is 13.3 Å². The first-order valence-corrected chi connectivity index (χ1v) is 12.7. The molecule has 3 N–H and O–H groups in total. The van der Waals surface area contributed by atoms with Gasteiger partial charge in [-0.1, -0.05) is 66.7 Å². The van der Waals surface area contributed by atoms with Gasteiger partial charge in [0.25, 0.3) is 5.69 Å². The Balaban J connectivity index is 1.65. The Morgan fingerprint density at radius 2 is 1.54 bits per heavy atom. The first-order valence-electron chi connectivity index (χ1n) is 11.2. The van der Waals surface area contributed by atoms with E-state index in [2.05, 4.69) is 15.1 Å². The van der Waals surface area contributed by atoms with Crippen molar-refractivity contribution in [3.8, 4) is 16.9 Å². The van der Waals surface area contributed by atoms with E-state index in [1.165, 1.54) is 12.1 Å². The number of nitrogens with one attached hydrogen (secondary N) is 1. The normalized spacial score (nSPS) is 11.7. The number of fused-ring (bicyclic) bond motifs is 1. The van der Waals surface area contributed by atoms with E-state index in [4.69, 9.17) is 5.14 Å². The first-order chi connectivity index (χ1) is 17.8. The Morgan fingerprint density at radius 1 is 0.892 bits per heavy atom. The van der Waals surface area contributed by atoms with Gasteiger partial charge in [0.2, 0.25) is 10.0 Å². The Hall–Kier alpha value is -4.80. The van der Waals surface area contributed by atoms with Gasteiger partial charge in [0.15, 0.2) is 0 Å². The molecule has 1 aromatic heterocycles. The van der Waals surface area contributed by atoms with Crippen LogP contribution in [0.15, 0.2) is 113 Å². The standard InChI is InChI=1S/C27H21N5O4S/c28-37(35,36)21-15-16-24(26(17-21)32(33)34)30-29-18-23-22-13-7-8-14-25(22)31(20-11-5-2-6-12-20)27(23)19-9-3-1-4-10-19/h1-18,30H,(H2,28,35,36). The van der Waals surface area contributed by atoms with Crippen molar-refractivity contribution in [3.05, 3.63) is 119 Å². The van der Waals surface area contributed by atoms with Crippen LogP contribution in [0.25, 0.3) is 27.8 Å². The van der Waals surface area contributed by atoms with Gasteiger partial charge in [-0.2, -0.15) is 5.10 Å². The summed E-state index contributed by atoms with van der Waals surface area (Å²) < 4.78 is 25.4. The van der Waals surface area contributed by atoms with Crippen molar-refractivity contribution in [1.29, 1.82) is 0 Å². The maximum atomic E-state index is 11.6. The number of para-hydroxylation sites is 2. The number of hydrogen-bond acceptors (Lipinski definition) is 6. The lowest BCUT2D eigenvalue weighted by atomic mass is 10.1. The highest BCUT2D eigenvalue weighted by Crippen LogP contribution is 2.35. The molecule has 184 valence electrons. The number of hydrogen-bond donors (Lipinski definition) is 2. The van der Waals surface area contributed by atoms with E-state index in [9.17, 15) is 18.5 Å². The molecule has 0 aliphatic rings. The molecule has 9 nitrogen and oxygen atoms in total. The number of sulfonamides is 1. The minimum Gasteiger partial charge on any atom is -0.309 e. The van der Waals surface area contributed by atoms with Crippen LogP contribution in [0, 0.1) is 10.1 Å². The van der Waals surface area contributed by atoms with Crippen LogP contribution in [0.2, 0.25) is 0 Å². The molecule has 10 heteroatoms. The molecule has 5 aromatic rings. The lowest BCUT2D eigenvalue weighted by Crippen LogP contribution is -2.12. The predicted octanol–water partition coefficient (Wildman–Crippen LogP) is 5.30. The Labute approximate surface area is 212 Å². The summed E-state index contributed by atoms with van der Waals surface area (Å²) in [5.41, 5.74) is 6.88. The Morgan fingerprint density at radius 3 is 2.22 bits per heavy atom. The van der Waals surface area contributed by atoms with Gasteiger partial charge < -0.3 is 4.57 Å². The van der Waals surface area contributed by atoms with Crippen molar-refractivity contribution >= 4 is 38.5 Å². The summed E-state index contributed by atoms with van der Waals surface area (Å²) in [7, 11) is -4.10. The molecule has 5 rings (SSSR count). The van der Waals surface area contributed by atoms with E-state index in [1.807, 2.05) is 84.9 Å².